The van der Waals surface area contributed by atoms with E-state index < -0.39 is 6.04 Å². The Morgan fingerprint density at radius 2 is 2.05 bits per heavy atom. The molecule has 0 saturated carbocycles. The summed E-state index contributed by atoms with van der Waals surface area (Å²) in [5.74, 6) is -0.375. The van der Waals surface area contributed by atoms with Crippen LogP contribution < -0.4 is 5.32 Å². The summed E-state index contributed by atoms with van der Waals surface area (Å²) < 4.78 is 14.7. The summed E-state index contributed by atoms with van der Waals surface area (Å²) in [6.45, 7) is 1.87. The zero-order valence-corrected chi connectivity index (χ0v) is 11.9. The van der Waals surface area contributed by atoms with Gasteiger partial charge >= 0.3 is 0 Å². The summed E-state index contributed by atoms with van der Waals surface area (Å²) in [6, 6.07) is 13.6. The lowest BCUT2D eigenvalue weighted by Gasteiger charge is -2.15. The molecule has 0 radical (unpaired) electrons. The number of rotatable bonds is 3. The van der Waals surface area contributed by atoms with E-state index in [0.29, 0.717) is 5.56 Å². The van der Waals surface area contributed by atoms with Crippen molar-refractivity contribution in [2.45, 2.75) is 13.0 Å². The van der Waals surface area contributed by atoms with Crippen molar-refractivity contribution in [2.75, 3.05) is 5.32 Å². The van der Waals surface area contributed by atoms with E-state index in [1.165, 1.54) is 6.07 Å². The first-order chi connectivity index (χ1) is 9.10. The lowest BCUT2D eigenvalue weighted by molar-refractivity contribution is 0.607. The molecule has 0 aliphatic heterocycles. The second-order valence-electron chi connectivity index (χ2n) is 4.24. The van der Waals surface area contributed by atoms with E-state index in [4.69, 9.17) is 0 Å². The average Bonchev–Trinajstić information content (AvgIpc) is 2.39. The Bertz CT molecular complexity index is 634. The summed E-state index contributed by atoms with van der Waals surface area (Å²) in [4.78, 5) is 0. The fourth-order valence-electron chi connectivity index (χ4n) is 1.81. The molecule has 1 unspecified atom stereocenters. The summed E-state index contributed by atoms with van der Waals surface area (Å²) in [7, 11) is 0. The third-order valence-corrected chi connectivity index (χ3v) is 3.22. The van der Waals surface area contributed by atoms with Crippen LogP contribution in [0.15, 0.2) is 46.9 Å². The number of benzene rings is 2. The molecule has 1 N–H and O–H groups in total. The number of hydrogen-bond donors (Lipinski definition) is 1. The fourth-order valence-corrected chi connectivity index (χ4v) is 2.21. The minimum atomic E-state index is -0.714. The van der Waals surface area contributed by atoms with Gasteiger partial charge in [-0.2, -0.15) is 5.26 Å². The number of aryl methyl sites for hydroxylation is 1. The van der Waals surface area contributed by atoms with Crippen molar-refractivity contribution in [2.24, 2.45) is 0 Å². The van der Waals surface area contributed by atoms with Crippen LogP contribution in [-0.2, 0) is 0 Å². The third-order valence-electron chi connectivity index (χ3n) is 2.73. The third kappa shape index (κ3) is 3.33. The van der Waals surface area contributed by atoms with Crippen molar-refractivity contribution in [1.82, 2.24) is 0 Å². The normalized spacial score (nSPS) is 11.7. The maximum Gasteiger partial charge on any atom is 0.143 e. The smallest absolute Gasteiger partial charge is 0.143 e. The van der Waals surface area contributed by atoms with E-state index in [-0.39, 0.29) is 5.82 Å². The van der Waals surface area contributed by atoms with Gasteiger partial charge in [0, 0.05) is 15.7 Å². The standard InChI is InChI=1S/C15H12BrFN2/c1-10-5-6-14(17)13(7-10)15(9-18)19-12-4-2-3-11(16)8-12/h2-8,15,19H,1H3. The molecule has 96 valence electrons. The molecule has 0 bridgehead atoms. The summed E-state index contributed by atoms with van der Waals surface area (Å²) in [5.41, 5.74) is 2.05. The first kappa shape index (κ1) is 13.6. The van der Waals surface area contributed by atoms with Crippen LogP contribution in [0.2, 0.25) is 0 Å². The van der Waals surface area contributed by atoms with E-state index in [1.807, 2.05) is 31.2 Å². The van der Waals surface area contributed by atoms with Crippen molar-refractivity contribution < 1.29 is 4.39 Å². The molecule has 0 amide bonds. The molecule has 19 heavy (non-hydrogen) atoms. The molecule has 2 nitrogen and oxygen atoms in total. The molecule has 1 atom stereocenters. The Morgan fingerprint density at radius 3 is 2.74 bits per heavy atom. The van der Waals surface area contributed by atoms with Crippen molar-refractivity contribution in [1.29, 1.82) is 5.26 Å². The number of anilines is 1. The first-order valence-electron chi connectivity index (χ1n) is 5.78. The van der Waals surface area contributed by atoms with Crippen LogP contribution in [0.4, 0.5) is 10.1 Å². The molecular formula is C15H12BrFN2. The highest BCUT2D eigenvalue weighted by molar-refractivity contribution is 9.10. The van der Waals surface area contributed by atoms with Crippen molar-refractivity contribution >= 4 is 21.6 Å². The van der Waals surface area contributed by atoms with Crippen molar-refractivity contribution in [3.63, 3.8) is 0 Å². The van der Waals surface area contributed by atoms with Gasteiger partial charge in [0.25, 0.3) is 0 Å². The number of nitrogens with zero attached hydrogens (tertiary/aromatic N) is 1. The van der Waals surface area contributed by atoms with E-state index in [1.54, 1.807) is 12.1 Å². The van der Waals surface area contributed by atoms with Gasteiger partial charge in [-0.3, -0.25) is 0 Å². The molecule has 2 rings (SSSR count). The SMILES string of the molecule is Cc1ccc(F)c(C(C#N)Nc2cccc(Br)c2)c1. The van der Waals surface area contributed by atoms with Gasteiger partial charge in [-0.1, -0.05) is 39.7 Å². The van der Waals surface area contributed by atoms with Crippen LogP contribution >= 0.6 is 15.9 Å². The highest BCUT2D eigenvalue weighted by atomic mass is 79.9. The van der Waals surface area contributed by atoms with Gasteiger partial charge in [0.2, 0.25) is 0 Å². The maximum atomic E-state index is 13.8. The number of halogens is 2. The van der Waals surface area contributed by atoms with E-state index >= 15 is 0 Å². The molecule has 0 aliphatic rings. The minimum absolute atomic E-state index is 0.363. The lowest BCUT2D eigenvalue weighted by atomic mass is 10.0. The van der Waals surface area contributed by atoms with Gasteiger partial charge in [-0.05, 0) is 31.2 Å². The highest BCUT2D eigenvalue weighted by Crippen LogP contribution is 2.24. The van der Waals surface area contributed by atoms with E-state index in [2.05, 4.69) is 27.3 Å². The molecule has 0 spiro atoms. The number of nitrogens with one attached hydrogen (secondary N) is 1. The van der Waals surface area contributed by atoms with Gasteiger partial charge in [0.15, 0.2) is 0 Å². The molecule has 2 aromatic carbocycles. The highest BCUT2D eigenvalue weighted by Gasteiger charge is 2.15. The van der Waals surface area contributed by atoms with Gasteiger partial charge in [0.05, 0.1) is 6.07 Å². The second kappa shape index (κ2) is 5.85. The number of nitriles is 1. The Labute approximate surface area is 120 Å². The van der Waals surface area contributed by atoms with Gasteiger partial charge < -0.3 is 5.32 Å². The molecule has 0 saturated heterocycles. The Kier molecular flexibility index (Phi) is 4.18. The zero-order chi connectivity index (χ0) is 13.8. The van der Waals surface area contributed by atoms with Crippen LogP contribution in [0.1, 0.15) is 17.2 Å². The van der Waals surface area contributed by atoms with E-state index in [9.17, 15) is 9.65 Å². The van der Waals surface area contributed by atoms with Crippen LogP contribution in [0.3, 0.4) is 0 Å². The molecule has 0 heterocycles. The average molecular weight is 319 g/mol. The monoisotopic (exact) mass is 318 g/mol. The van der Waals surface area contributed by atoms with Gasteiger partial charge in [-0.15, -0.1) is 0 Å². The molecule has 4 heteroatoms. The Morgan fingerprint density at radius 1 is 1.26 bits per heavy atom. The molecule has 0 aliphatic carbocycles. The van der Waals surface area contributed by atoms with Crippen molar-refractivity contribution in [3.8, 4) is 6.07 Å². The van der Waals surface area contributed by atoms with Gasteiger partial charge in [0.1, 0.15) is 11.9 Å². The predicted molar refractivity (Wildman–Crippen MR) is 77.3 cm³/mol. The lowest BCUT2D eigenvalue weighted by Crippen LogP contribution is -2.10. The minimum Gasteiger partial charge on any atom is -0.366 e. The zero-order valence-electron chi connectivity index (χ0n) is 10.3. The van der Waals surface area contributed by atoms with E-state index in [0.717, 1.165) is 15.7 Å². The Balaban J connectivity index is 2.31. The molecular weight excluding hydrogens is 307 g/mol. The summed E-state index contributed by atoms with van der Waals surface area (Å²) in [5, 5.41) is 12.3. The van der Waals surface area contributed by atoms with Gasteiger partial charge in [-0.25, -0.2) is 4.39 Å². The van der Waals surface area contributed by atoms with Crippen LogP contribution in [0, 0.1) is 24.1 Å². The first-order valence-corrected chi connectivity index (χ1v) is 6.57. The predicted octanol–water partition coefficient (Wildman–Crippen LogP) is 4.57. The topological polar surface area (TPSA) is 35.8 Å². The maximum absolute atomic E-state index is 13.8. The Hall–Kier alpha value is -1.86. The summed E-state index contributed by atoms with van der Waals surface area (Å²) in [6.07, 6.45) is 0. The number of hydrogen-bond acceptors (Lipinski definition) is 2. The van der Waals surface area contributed by atoms with Crippen LogP contribution in [0.5, 0.6) is 0 Å². The van der Waals surface area contributed by atoms with Crippen LogP contribution in [0.25, 0.3) is 0 Å². The van der Waals surface area contributed by atoms with Crippen molar-refractivity contribution in [3.05, 3.63) is 63.9 Å². The molecule has 0 fully saturated rings. The summed E-state index contributed by atoms with van der Waals surface area (Å²) >= 11 is 3.36. The fraction of sp³-hybridized carbons (Fsp3) is 0.133. The molecule has 2 aromatic rings. The van der Waals surface area contributed by atoms with Crippen LogP contribution in [-0.4, -0.2) is 0 Å². The second-order valence-corrected chi connectivity index (χ2v) is 5.16. The molecule has 0 aromatic heterocycles. The quantitative estimate of drug-likeness (QED) is 0.899. The largest absolute Gasteiger partial charge is 0.366 e.